The average molecular weight is 324 g/mol. The van der Waals surface area contributed by atoms with Gasteiger partial charge in [-0.1, -0.05) is 15.9 Å². The van der Waals surface area contributed by atoms with Crippen LogP contribution in [0.25, 0.3) is 0 Å². The fourth-order valence-corrected chi connectivity index (χ4v) is 2.03. The zero-order valence-corrected chi connectivity index (χ0v) is 11.5. The summed E-state index contributed by atoms with van der Waals surface area (Å²) in [7, 11) is 0. The Morgan fingerprint density at radius 2 is 2.00 bits per heavy atom. The molecule has 1 N–H and O–H groups in total. The van der Waals surface area contributed by atoms with Gasteiger partial charge in [-0.25, -0.2) is 4.39 Å². The second-order valence-corrected chi connectivity index (χ2v) is 4.58. The first kappa shape index (κ1) is 14.4. The van der Waals surface area contributed by atoms with Crippen molar-refractivity contribution >= 4 is 34.2 Å². The van der Waals surface area contributed by atoms with Crippen LogP contribution in [0.5, 0.6) is 0 Å². The number of nitrogens with one attached hydrogen (secondary N) is 1. The lowest BCUT2D eigenvalue weighted by molar-refractivity contribution is 0.0731. The van der Waals surface area contributed by atoms with Gasteiger partial charge in [-0.2, -0.15) is 0 Å². The highest BCUT2D eigenvalue weighted by Gasteiger charge is 2.20. The number of halogens is 3. The largest absolute Gasteiger partial charge is 0.336 e. The van der Waals surface area contributed by atoms with Crippen molar-refractivity contribution in [1.29, 1.82) is 0 Å². The van der Waals surface area contributed by atoms with Gasteiger partial charge in [0.1, 0.15) is 5.82 Å². The van der Waals surface area contributed by atoms with Crippen LogP contribution < -0.4 is 5.32 Å². The van der Waals surface area contributed by atoms with E-state index in [0.717, 1.165) is 13.1 Å². The van der Waals surface area contributed by atoms with Crippen LogP contribution in [-0.2, 0) is 0 Å². The Kier molecular flexibility index (Phi) is 5.36. The molecule has 1 saturated heterocycles. The number of nitrogens with zero attached hydrogens (tertiary/aromatic N) is 1. The molecular weight excluding hydrogens is 310 g/mol. The van der Waals surface area contributed by atoms with Crippen LogP contribution in [0.2, 0.25) is 0 Å². The lowest BCUT2D eigenvalue weighted by atomic mass is 10.1. The smallest absolute Gasteiger partial charge is 0.256 e. The molecule has 1 fully saturated rings. The Morgan fingerprint density at radius 1 is 1.35 bits per heavy atom. The fraction of sp³-hybridized carbons (Fsp3) is 0.364. The molecule has 0 aliphatic carbocycles. The molecule has 1 aromatic carbocycles. The van der Waals surface area contributed by atoms with E-state index < -0.39 is 5.82 Å². The summed E-state index contributed by atoms with van der Waals surface area (Å²) in [5, 5.41) is 3.15. The van der Waals surface area contributed by atoms with Gasteiger partial charge in [-0.05, 0) is 18.2 Å². The summed E-state index contributed by atoms with van der Waals surface area (Å²) < 4.78 is 14.2. The summed E-state index contributed by atoms with van der Waals surface area (Å²) in [4.78, 5) is 13.6. The minimum Gasteiger partial charge on any atom is -0.336 e. The minimum atomic E-state index is -0.474. The molecule has 0 radical (unpaired) electrons. The number of benzene rings is 1. The van der Waals surface area contributed by atoms with Gasteiger partial charge in [0.15, 0.2) is 0 Å². The quantitative estimate of drug-likeness (QED) is 0.858. The summed E-state index contributed by atoms with van der Waals surface area (Å²) in [6.45, 7) is 2.80. The maximum atomic E-state index is 13.6. The molecule has 1 aromatic rings. The van der Waals surface area contributed by atoms with E-state index >= 15 is 0 Å². The molecule has 3 nitrogen and oxygen atoms in total. The van der Waals surface area contributed by atoms with Gasteiger partial charge in [0.05, 0.1) is 5.56 Å². The summed E-state index contributed by atoms with van der Waals surface area (Å²) in [6.07, 6.45) is 0. The van der Waals surface area contributed by atoms with Gasteiger partial charge in [0.2, 0.25) is 0 Å². The summed E-state index contributed by atoms with van der Waals surface area (Å²) in [5.41, 5.74) is 0.144. The van der Waals surface area contributed by atoms with Crippen molar-refractivity contribution < 1.29 is 9.18 Å². The number of piperazine rings is 1. The monoisotopic (exact) mass is 322 g/mol. The van der Waals surface area contributed by atoms with Crippen molar-refractivity contribution in [3.63, 3.8) is 0 Å². The van der Waals surface area contributed by atoms with Gasteiger partial charge in [-0.15, -0.1) is 12.4 Å². The van der Waals surface area contributed by atoms with Gasteiger partial charge in [0.25, 0.3) is 5.91 Å². The number of carbonyl (C=O) groups is 1. The van der Waals surface area contributed by atoms with Gasteiger partial charge < -0.3 is 10.2 Å². The molecular formula is C11H13BrClFN2O. The fourth-order valence-electron chi connectivity index (χ4n) is 1.70. The van der Waals surface area contributed by atoms with E-state index in [4.69, 9.17) is 0 Å². The molecule has 0 atom stereocenters. The molecule has 0 spiro atoms. The second-order valence-electron chi connectivity index (χ2n) is 3.67. The van der Waals surface area contributed by atoms with Gasteiger partial charge in [-0.3, -0.25) is 4.79 Å². The number of hydrogen-bond donors (Lipinski definition) is 1. The van der Waals surface area contributed by atoms with Crippen LogP contribution in [0.4, 0.5) is 4.39 Å². The third-order valence-electron chi connectivity index (χ3n) is 2.57. The molecule has 0 aromatic heterocycles. The van der Waals surface area contributed by atoms with Crippen molar-refractivity contribution in [1.82, 2.24) is 10.2 Å². The first-order valence-corrected chi connectivity index (χ1v) is 5.93. The van der Waals surface area contributed by atoms with E-state index in [2.05, 4.69) is 21.2 Å². The van der Waals surface area contributed by atoms with Gasteiger partial charge in [0, 0.05) is 30.7 Å². The Morgan fingerprint density at radius 3 is 2.59 bits per heavy atom. The molecule has 0 unspecified atom stereocenters. The molecule has 1 aliphatic rings. The van der Waals surface area contributed by atoms with Gasteiger partial charge >= 0.3 is 0 Å². The Balaban J connectivity index is 0.00000144. The van der Waals surface area contributed by atoms with Crippen LogP contribution in [-0.4, -0.2) is 37.0 Å². The first-order chi connectivity index (χ1) is 7.68. The number of amides is 1. The summed E-state index contributed by atoms with van der Waals surface area (Å²) >= 11 is 3.17. The predicted molar refractivity (Wildman–Crippen MR) is 70.1 cm³/mol. The highest BCUT2D eigenvalue weighted by atomic mass is 79.9. The lowest BCUT2D eigenvalue weighted by Crippen LogP contribution is -2.46. The Bertz CT molecular complexity index is 410. The van der Waals surface area contributed by atoms with Crippen molar-refractivity contribution in [2.75, 3.05) is 26.2 Å². The highest BCUT2D eigenvalue weighted by molar-refractivity contribution is 9.10. The summed E-state index contributed by atoms with van der Waals surface area (Å²) in [5.74, 6) is -0.704. The Hall–Kier alpha value is -0.650. The molecule has 1 aliphatic heterocycles. The standard InChI is InChI=1S/C11H12BrFN2O.ClH/c12-8-1-2-9(10(13)7-8)11(16)15-5-3-14-4-6-15;/h1-2,7,14H,3-6H2;1H. The molecule has 6 heteroatoms. The normalized spacial score (nSPS) is 15.3. The van der Waals surface area contributed by atoms with Crippen molar-refractivity contribution in [3.8, 4) is 0 Å². The molecule has 0 bridgehead atoms. The molecule has 2 rings (SSSR count). The van der Waals surface area contributed by atoms with Crippen molar-refractivity contribution in [2.24, 2.45) is 0 Å². The van der Waals surface area contributed by atoms with Crippen LogP contribution >= 0.6 is 28.3 Å². The maximum absolute atomic E-state index is 13.6. The van der Waals surface area contributed by atoms with E-state index in [-0.39, 0.29) is 23.9 Å². The van der Waals surface area contributed by atoms with E-state index in [1.165, 1.54) is 12.1 Å². The number of carbonyl (C=O) groups excluding carboxylic acids is 1. The van der Waals surface area contributed by atoms with Crippen LogP contribution in [0, 0.1) is 5.82 Å². The zero-order valence-electron chi connectivity index (χ0n) is 9.08. The van der Waals surface area contributed by atoms with E-state index in [9.17, 15) is 9.18 Å². The molecule has 17 heavy (non-hydrogen) atoms. The van der Waals surface area contributed by atoms with E-state index in [0.29, 0.717) is 17.6 Å². The number of hydrogen-bond acceptors (Lipinski definition) is 2. The zero-order chi connectivity index (χ0) is 11.5. The maximum Gasteiger partial charge on any atom is 0.256 e. The molecule has 94 valence electrons. The third-order valence-corrected chi connectivity index (χ3v) is 3.06. The molecule has 1 amide bonds. The highest BCUT2D eigenvalue weighted by Crippen LogP contribution is 2.17. The van der Waals surface area contributed by atoms with Crippen molar-refractivity contribution in [3.05, 3.63) is 34.1 Å². The second kappa shape index (κ2) is 6.33. The SMILES string of the molecule is Cl.O=C(c1ccc(Br)cc1F)N1CCNCC1. The number of rotatable bonds is 1. The minimum absolute atomic E-state index is 0. The summed E-state index contributed by atoms with van der Waals surface area (Å²) in [6, 6.07) is 4.51. The van der Waals surface area contributed by atoms with E-state index in [1.54, 1.807) is 11.0 Å². The average Bonchev–Trinajstić information content (AvgIpc) is 2.29. The molecule has 0 saturated carbocycles. The van der Waals surface area contributed by atoms with E-state index in [1.807, 2.05) is 0 Å². The molecule has 1 heterocycles. The van der Waals surface area contributed by atoms with Crippen LogP contribution in [0.3, 0.4) is 0 Å². The lowest BCUT2D eigenvalue weighted by Gasteiger charge is -2.27. The topological polar surface area (TPSA) is 32.3 Å². The van der Waals surface area contributed by atoms with Crippen LogP contribution in [0.1, 0.15) is 10.4 Å². The Labute approximate surface area is 114 Å². The van der Waals surface area contributed by atoms with Crippen LogP contribution in [0.15, 0.2) is 22.7 Å². The first-order valence-electron chi connectivity index (χ1n) is 5.13. The van der Waals surface area contributed by atoms with Crippen molar-refractivity contribution in [2.45, 2.75) is 0 Å². The predicted octanol–water partition coefficient (Wildman–Crippen LogP) is 2.06. The third kappa shape index (κ3) is 3.40.